The van der Waals surface area contributed by atoms with Gasteiger partial charge in [-0.3, -0.25) is 4.79 Å². The molecule has 2 aromatic carbocycles. The maximum Gasteiger partial charge on any atom is 0.167 e. The molecule has 1 aliphatic rings. The molecule has 0 spiro atoms. The van der Waals surface area contributed by atoms with Gasteiger partial charge in [-0.05, 0) is 48.9 Å². The third kappa shape index (κ3) is 3.59. The van der Waals surface area contributed by atoms with Crippen LogP contribution in [-0.2, 0) is 19.4 Å². The predicted molar refractivity (Wildman–Crippen MR) is 111 cm³/mol. The lowest BCUT2D eigenvalue weighted by atomic mass is 9.84. The van der Waals surface area contributed by atoms with Gasteiger partial charge in [0.15, 0.2) is 5.78 Å². The molecule has 4 heteroatoms. The molecule has 0 aliphatic heterocycles. The van der Waals surface area contributed by atoms with Gasteiger partial charge in [-0.2, -0.15) is 0 Å². The molecule has 3 aromatic rings. The number of methoxy groups -OCH3 is 1. The molecule has 0 N–H and O–H groups in total. The molecule has 4 nitrogen and oxygen atoms in total. The van der Waals surface area contributed by atoms with E-state index in [0.29, 0.717) is 6.54 Å². The van der Waals surface area contributed by atoms with Crippen molar-refractivity contribution in [1.29, 1.82) is 0 Å². The minimum Gasteiger partial charge on any atom is -0.496 e. The van der Waals surface area contributed by atoms with Gasteiger partial charge in [-0.15, -0.1) is 0 Å². The maximum absolute atomic E-state index is 13.2. The first-order chi connectivity index (χ1) is 13.7. The number of hydrogen-bond acceptors (Lipinski definition) is 3. The SMILES string of the molecule is COc1ccc(C(=O)C(C)Cn2cnc(-c3ccccc3)c2)c2c1CCCC2. The molecule has 0 saturated carbocycles. The van der Waals surface area contributed by atoms with Gasteiger partial charge in [0, 0.05) is 29.8 Å². The largest absolute Gasteiger partial charge is 0.496 e. The number of carbonyl (C=O) groups excluding carboxylic acids is 1. The Morgan fingerprint density at radius 1 is 1.11 bits per heavy atom. The van der Waals surface area contributed by atoms with Crippen molar-refractivity contribution >= 4 is 5.78 Å². The van der Waals surface area contributed by atoms with Crippen molar-refractivity contribution in [2.45, 2.75) is 39.2 Å². The summed E-state index contributed by atoms with van der Waals surface area (Å²) in [7, 11) is 1.71. The lowest BCUT2D eigenvalue weighted by molar-refractivity contribution is 0.0917. The molecule has 1 atom stereocenters. The minimum absolute atomic E-state index is 0.114. The van der Waals surface area contributed by atoms with E-state index in [1.54, 1.807) is 7.11 Å². The van der Waals surface area contributed by atoms with Gasteiger partial charge in [0.1, 0.15) is 5.75 Å². The molecule has 28 heavy (non-hydrogen) atoms. The first kappa shape index (κ1) is 18.5. The normalized spacial score (nSPS) is 14.4. The number of hydrogen-bond donors (Lipinski definition) is 0. The monoisotopic (exact) mass is 374 g/mol. The highest BCUT2D eigenvalue weighted by molar-refractivity contribution is 5.99. The Hall–Kier alpha value is -2.88. The fourth-order valence-electron chi connectivity index (χ4n) is 4.14. The Bertz CT molecular complexity index is 976. The molecule has 0 radical (unpaired) electrons. The molecule has 4 rings (SSSR count). The first-order valence-corrected chi connectivity index (χ1v) is 9.97. The van der Waals surface area contributed by atoms with Gasteiger partial charge in [-0.25, -0.2) is 4.98 Å². The number of aromatic nitrogens is 2. The Labute approximate surface area is 166 Å². The second-order valence-corrected chi connectivity index (χ2v) is 7.57. The number of ketones is 1. The van der Waals surface area contributed by atoms with E-state index in [-0.39, 0.29) is 11.7 Å². The molecule has 1 aromatic heterocycles. The summed E-state index contributed by atoms with van der Waals surface area (Å²) < 4.78 is 7.54. The molecule has 0 fully saturated rings. The van der Waals surface area contributed by atoms with E-state index in [2.05, 4.69) is 4.98 Å². The van der Waals surface area contributed by atoms with Crippen LogP contribution in [0.1, 0.15) is 41.3 Å². The average Bonchev–Trinajstić information content (AvgIpc) is 3.21. The van der Waals surface area contributed by atoms with Crippen molar-refractivity contribution in [3.05, 3.63) is 71.7 Å². The number of rotatable bonds is 6. The van der Waals surface area contributed by atoms with Crippen LogP contribution in [0.3, 0.4) is 0 Å². The number of fused-ring (bicyclic) bond motifs is 1. The van der Waals surface area contributed by atoms with Crippen LogP contribution in [0.25, 0.3) is 11.3 Å². The van der Waals surface area contributed by atoms with Gasteiger partial charge in [0.25, 0.3) is 0 Å². The molecule has 1 unspecified atom stereocenters. The summed E-state index contributed by atoms with van der Waals surface area (Å²) >= 11 is 0. The van der Waals surface area contributed by atoms with Crippen LogP contribution in [0.5, 0.6) is 5.75 Å². The molecule has 0 amide bonds. The zero-order valence-corrected chi connectivity index (χ0v) is 16.5. The highest BCUT2D eigenvalue weighted by Crippen LogP contribution is 2.33. The van der Waals surface area contributed by atoms with Gasteiger partial charge in [0.05, 0.1) is 19.1 Å². The zero-order valence-electron chi connectivity index (χ0n) is 16.5. The smallest absolute Gasteiger partial charge is 0.167 e. The summed E-state index contributed by atoms with van der Waals surface area (Å²) in [5.74, 6) is 1.01. The van der Waals surface area contributed by atoms with Crippen molar-refractivity contribution in [2.75, 3.05) is 7.11 Å². The van der Waals surface area contributed by atoms with Gasteiger partial charge < -0.3 is 9.30 Å². The second-order valence-electron chi connectivity index (χ2n) is 7.57. The number of Topliss-reactive ketones (excluding diaryl/α,β-unsaturated/α-hetero) is 1. The van der Waals surface area contributed by atoms with E-state index in [4.69, 9.17) is 4.74 Å². The van der Waals surface area contributed by atoms with Crippen LogP contribution in [-0.4, -0.2) is 22.4 Å². The standard InChI is InChI=1S/C24H26N2O2/c1-17(14-26-15-22(25-16-26)18-8-4-3-5-9-18)24(27)21-12-13-23(28-2)20-11-7-6-10-19(20)21/h3-5,8-9,12-13,15-17H,6-7,10-11,14H2,1-2H3. The maximum atomic E-state index is 13.2. The molecule has 0 saturated heterocycles. The zero-order chi connectivity index (χ0) is 19.5. The summed E-state index contributed by atoms with van der Waals surface area (Å²) in [6.45, 7) is 2.63. The summed E-state index contributed by atoms with van der Waals surface area (Å²) in [5, 5.41) is 0. The summed E-state index contributed by atoms with van der Waals surface area (Å²) in [5.41, 5.74) is 5.30. The topological polar surface area (TPSA) is 44.1 Å². The van der Waals surface area contributed by atoms with Gasteiger partial charge >= 0.3 is 0 Å². The second kappa shape index (κ2) is 8.01. The van der Waals surface area contributed by atoms with E-state index in [0.717, 1.165) is 48.3 Å². The molecule has 1 heterocycles. The quantitative estimate of drug-likeness (QED) is 0.573. The van der Waals surface area contributed by atoms with Crippen LogP contribution < -0.4 is 4.74 Å². The van der Waals surface area contributed by atoms with E-state index >= 15 is 0 Å². The van der Waals surface area contributed by atoms with E-state index in [1.165, 1.54) is 11.1 Å². The van der Waals surface area contributed by atoms with Crippen LogP contribution in [0.4, 0.5) is 0 Å². The summed E-state index contributed by atoms with van der Waals surface area (Å²) in [6.07, 6.45) is 8.09. The van der Waals surface area contributed by atoms with Crippen LogP contribution in [0.2, 0.25) is 0 Å². The van der Waals surface area contributed by atoms with E-state index in [1.807, 2.05) is 66.5 Å². The third-order valence-electron chi connectivity index (χ3n) is 5.61. The lowest BCUT2D eigenvalue weighted by Gasteiger charge is -2.23. The van der Waals surface area contributed by atoms with Gasteiger partial charge in [0.2, 0.25) is 0 Å². The van der Waals surface area contributed by atoms with Crippen LogP contribution >= 0.6 is 0 Å². The number of nitrogens with zero attached hydrogens (tertiary/aromatic N) is 2. The molecule has 1 aliphatic carbocycles. The van der Waals surface area contributed by atoms with E-state index in [9.17, 15) is 4.79 Å². The van der Waals surface area contributed by atoms with Crippen LogP contribution in [0, 0.1) is 5.92 Å². The van der Waals surface area contributed by atoms with Crippen molar-refractivity contribution < 1.29 is 9.53 Å². The number of imidazole rings is 1. The molecular weight excluding hydrogens is 348 g/mol. The van der Waals surface area contributed by atoms with Crippen molar-refractivity contribution in [1.82, 2.24) is 9.55 Å². The lowest BCUT2D eigenvalue weighted by Crippen LogP contribution is -2.20. The Balaban J connectivity index is 1.54. The Morgan fingerprint density at radius 3 is 2.61 bits per heavy atom. The third-order valence-corrected chi connectivity index (χ3v) is 5.61. The highest BCUT2D eigenvalue weighted by atomic mass is 16.5. The van der Waals surface area contributed by atoms with Crippen LogP contribution in [0.15, 0.2) is 55.0 Å². The average molecular weight is 374 g/mol. The van der Waals surface area contributed by atoms with Gasteiger partial charge in [-0.1, -0.05) is 37.3 Å². The molecule has 0 bridgehead atoms. The Kier molecular flexibility index (Phi) is 5.29. The fraction of sp³-hybridized carbons (Fsp3) is 0.333. The molecular formula is C24H26N2O2. The predicted octanol–water partition coefficient (Wildman–Crippen LogP) is 4.96. The summed E-state index contributed by atoms with van der Waals surface area (Å²) in [4.78, 5) is 17.7. The van der Waals surface area contributed by atoms with Crippen molar-refractivity contribution in [3.8, 4) is 17.0 Å². The highest BCUT2D eigenvalue weighted by Gasteiger charge is 2.24. The minimum atomic E-state index is -0.114. The molecule has 144 valence electrons. The van der Waals surface area contributed by atoms with Crippen molar-refractivity contribution in [2.24, 2.45) is 5.92 Å². The summed E-state index contributed by atoms with van der Waals surface area (Å²) in [6, 6.07) is 14.0. The van der Waals surface area contributed by atoms with E-state index < -0.39 is 0 Å². The fourth-order valence-corrected chi connectivity index (χ4v) is 4.14. The Morgan fingerprint density at radius 2 is 1.86 bits per heavy atom. The van der Waals surface area contributed by atoms with Crippen molar-refractivity contribution in [3.63, 3.8) is 0 Å². The number of carbonyl (C=O) groups is 1. The number of benzene rings is 2. The number of ether oxygens (including phenoxy) is 1. The first-order valence-electron chi connectivity index (χ1n) is 9.97.